The third-order valence-corrected chi connectivity index (χ3v) is 7.19. The second-order valence-corrected chi connectivity index (χ2v) is 9.55. The van der Waals surface area contributed by atoms with Crippen molar-refractivity contribution in [3.8, 4) is 0 Å². The van der Waals surface area contributed by atoms with E-state index in [1.807, 2.05) is 50.4 Å². The Balaban J connectivity index is 0.00000408. The molecule has 0 bridgehead atoms. The molecular formula is C23H29IN4O5S. The van der Waals surface area contributed by atoms with E-state index >= 15 is 0 Å². The van der Waals surface area contributed by atoms with Gasteiger partial charge in [-0.05, 0) is 24.1 Å². The highest BCUT2D eigenvalue weighted by molar-refractivity contribution is 8.00. The molecule has 0 saturated carbocycles. The molecule has 184 valence electrons. The molecule has 11 heteroatoms. The third-order valence-electron chi connectivity index (χ3n) is 5.89. The highest BCUT2D eigenvalue weighted by Gasteiger charge is 2.53. The molecule has 2 heterocycles. The summed E-state index contributed by atoms with van der Waals surface area (Å²) in [5, 5.41) is 12.1. The van der Waals surface area contributed by atoms with Crippen molar-refractivity contribution in [1.82, 2.24) is 10.2 Å². The number of fused-ring (bicyclic) bond motifs is 1. The number of carbonyl (C=O) groups is 4. The summed E-state index contributed by atoms with van der Waals surface area (Å²) in [6.07, 6.45) is 3.67. The van der Waals surface area contributed by atoms with Gasteiger partial charge in [0.05, 0.1) is 26.6 Å². The number of nitrogens with one attached hydrogen (secondary N) is 1. The van der Waals surface area contributed by atoms with E-state index in [4.69, 9.17) is 5.73 Å². The quantitative estimate of drug-likeness (QED) is 0.155. The van der Waals surface area contributed by atoms with Gasteiger partial charge in [-0.3, -0.25) is 19.3 Å². The summed E-state index contributed by atoms with van der Waals surface area (Å²) in [5.41, 5.74) is 6.63. The SMILES string of the molecule is CC[N+](C)(C/C=C/C1=C(C(=O)O)N2C(=O)[C@@H](NC(=O)Cc3ccccc3)[C@H]2SC1)CC(N)=O.[I-]. The van der Waals surface area contributed by atoms with Gasteiger partial charge in [-0.15, -0.1) is 11.8 Å². The summed E-state index contributed by atoms with van der Waals surface area (Å²) in [6, 6.07) is 8.45. The number of benzene rings is 1. The Morgan fingerprint density at radius 3 is 2.56 bits per heavy atom. The Hall–Kier alpha value is -2.38. The van der Waals surface area contributed by atoms with Crippen LogP contribution in [0.1, 0.15) is 12.5 Å². The van der Waals surface area contributed by atoms with Crippen LogP contribution in [0.5, 0.6) is 0 Å². The monoisotopic (exact) mass is 600 g/mol. The first-order chi connectivity index (χ1) is 15.6. The maximum atomic E-state index is 12.8. The lowest BCUT2D eigenvalue weighted by Crippen LogP contribution is -3.00. The van der Waals surface area contributed by atoms with Crippen LogP contribution in [0.4, 0.5) is 0 Å². The van der Waals surface area contributed by atoms with Gasteiger partial charge in [0.1, 0.15) is 17.1 Å². The highest BCUT2D eigenvalue weighted by atomic mass is 127. The molecule has 1 aromatic rings. The van der Waals surface area contributed by atoms with Crippen molar-refractivity contribution in [3.63, 3.8) is 0 Å². The predicted octanol–water partition coefficient (Wildman–Crippen LogP) is -2.52. The first kappa shape index (κ1) is 27.9. The number of halogens is 1. The van der Waals surface area contributed by atoms with Gasteiger partial charge >= 0.3 is 5.97 Å². The number of hydrogen-bond acceptors (Lipinski definition) is 5. The molecule has 0 radical (unpaired) electrons. The van der Waals surface area contributed by atoms with Crippen LogP contribution < -0.4 is 35.0 Å². The van der Waals surface area contributed by atoms with E-state index < -0.39 is 29.2 Å². The van der Waals surface area contributed by atoms with Gasteiger partial charge in [0.25, 0.3) is 11.8 Å². The van der Waals surface area contributed by atoms with Crippen molar-refractivity contribution < 1.29 is 52.7 Å². The molecule has 2 aliphatic heterocycles. The molecule has 2 aliphatic rings. The van der Waals surface area contributed by atoms with E-state index in [0.717, 1.165) is 5.56 Å². The number of β-lactam (4-membered cyclic amide) rings is 1. The van der Waals surface area contributed by atoms with E-state index in [9.17, 15) is 24.3 Å². The minimum absolute atomic E-state index is 0. The number of nitrogens with two attached hydrogens (primary N) is 1. The lowest BCUT2D eigenvalue weighted by Gasteiger charge is -2.49. The summed E-state index contributed by atoms with van der Waals surface area (Å²) in [5.74, 6) is -1.91. The second kappa shape index (κ2) is 11.8. The first-order valence-corrected chi connectivity index (χ1v) is 11.7. The standard InChI is InChI=1S/C23H28N4O5S.HI/c1-3-27(2,13-17(24)28)11-7-10-16-14-33-22-19(21(30)26(22)20(16)23(31)32)25-18(29)12-15-8-5-4-6-9-15;/h4-10,19,22H,3,11-14H2,1-2H3,(H3-,24,25,28,29,31,32);1H/b10-7+;/t19-,22-,27?;/m1./s1. The van der Waals surface area contributed by atoms with Crippen LogP contribution in [0.15, 0.2) is 53.8 Å². The highest BCUT2D eigenvalue weighted by Crippen LogP contribution is 2.40. The number of carboxylic acids is 1. The number of allylic oxidation sites excluding steroid dienone is 1. The van der Waals surface area contributed by atoms with Crippen molar-refractivity contribution in [2.24, 2.45) is 5.73 Å². The van der Waals surface area contributed by atoms with Crippen LogP contribution in [0, 0.1) is 0 Å². The van der Waals surface area contributed by atoms with E-state index in [1.54, 1.807) is 6.08 Å². The largest absolute Gasteiger partial charge is 1.00 e. The minimum atomic E-state index is -1.19. The van der Waals surface area contributed by atoms with Crippen LogP contribution in [0.25, 0.3) is 0 Å². The molecule has 0 spiro atoms. The van der Waals surface area contributed by atoms with Crippen molar-refractivity contribution in [3.05, 3.63) is 59.3 Å². The number of nitrogens with zero attached hydrogens (tertiary/aromatic N) is 2. The molecule has 4 N–H and O–H groups in total. The number of quaternary nitrogens is 1. The third kappa shape index (κ3) is 6.39. The fourth-order valence-electron chi connectivity index (χ4n) is 3.91. The minimum Gasteiger partial charge on any atom is -1.00 e. The Morgan fingerprint density at radius 2 is 1.97 bits per heavy atom. The zero-order chi connectivity index (χ0) is 24.2. The fraction of sp³-hybridized carbons (Fsp3) is 0.391. The van der Waals surface area contributed by atoms with Crippen LogP contribution >= 0.6 is 11.8 Å². The lowest BCUT2D eigenvalue weighted by atomic mass is 10.0. The molecule has 9 nitrogen and oxygen atoms in total. The van der Waals surface area contributed by atoms with E-state index in [2.05, 4.69) is 5.32 Å². The Kier molecular flexibility index (Phi) is 9.71. The maximum Gasteiger partial charge on any atom is 0.352 e. The van der Waals surface area contributed by atoms with Crippen LogP contribution in [0.3, 0.4) is 0 Å². The van der Waals surface area contributed by atoms with Crippen LogP contribution in [-0.2, 0) is 25.6 Å². The molecule has 1 saturated heterocycles. The van der Waals surface area contributed by atoms with Gasteiger partial charge in [0, 0.05) is 5.75 Å². The number of thioether (sulfide) groups is 1. The summed E-state index contributed by atoms with van der Waals surface area (Å²) in [7, 11) is 1.90. The van der Waals surface area contributed by atoms with Gasteiger partial charge in [0.15, 0.2) is 6.54 Å². The molecular weight excluding hydrogens is 571 g/mol. The van der Waals surface area contributed by atoms with Crippen molar-refractivity contribution in [2.45, 2.75) is 24.8 Å². The van der Waals surface area contributed by atoms with Gasteiger partial charge in [-0.25, -0.2) is 4.79 Å². The number of amides is 3. The number of hydrogen-bond donors (Lipinski definition) is 3. The molecule has 0 aliphatic carbocycles. The predicted molar refractivity (Wildman–Crippen MR) is 125 cm³/mol. The summed E-state index contributed by atoms with van der Waals surface area (Å²) in [4.78, 5) is 49.7. The Bertz CT molecular complexity index is 1020. The maximum absolute atomic E-state index is 12.8. The molecule has 3 atom stereocenters. The van der Waals surface area contributed by atoms with E-state index in [-0.39, 0.29) is 48.5 Å². The summed E-state index contributed by atoms with van der Waals surface area (Å²) >= 11 is 1.42. The molecule has 3 amide bonds. The van der Waals surface area contributed by atoms with Gasteiger partial charge in [0.2, 0.25) is 5.91 Å². The lowest BCUT2D eigenvalue weighted by molar-refractivity contribution is -0.894. The molecule has 34 heavy (non-hydrogen) atoms. The summed E-state index contributed by atoms with van der Waals surface area (Å²) in [6.45, 7) is 3.31. The van der Waals surface area contributed by atoms with Crippen LogP contribution in [-0.4, -0.2) is 82.0 Å². The molecule has 1 unspecified atom stereocenters. The number of carbonyl (C=O) groups excluding carboxylic acids is 3. The van der Waals surface area contributed by atoms with Crippen LogP contribution in [0.2, 0.25) is 0 Å². The van der Waals surface area contributed by atoms with Crippen molar-refractivity contribution in [2.75, 3.05) is 32.4 Å². The molecule has 3 rings (SSSR count). The zero-order valence-corrected chi connectivity index (χ0v) is 22.0. The van der Waals surface area contributed by atoms with Gasteiger partial charge in [-0.2, -0.15) is 0 Å². The number of aliphatic carboxylic acids is 1. The number of likely N-dealkylation sites (N-methyl/N-ethyl adjacent to an activating group) is 1. The molecule has 1 aromatic carbocycles. The number of primary amides is 1. The molecule has 1 fully saturated rings. The topological polar surface area (TPSA) is 130 Å². The van der Waals surface area contributed by atoms with Crippen molar-refractivity contribution >= 4 is 35.5 Å². The van der Waals surface area contributed by atoms with Gasteiger partial charge < -0.3 is 44.6 Å². The van der Waals surface area contributed by atoms with E-state index in [1.165, 1.54) is 16.7 Å². The molecule has 0 aromatic heterocycles. The first-order valence-electron chi connectivity index (χ1n) is 10.7. The number of carboxylic acid groups (broad SMARTS) is 1. The fourth-order valence-corrected chi connectivity index (χ4v) is 5.23. The smallest absolute Gasteiger partial charge is 0.352 e. The average molecular weight is 600 g/mol. The second-order valence-electron chi connectivity index (χ2n) is 8.44. The van der Waals surface area contributed by atoms with Gasteiger partial charge in [-0.1, -0.05) is 36.4 Å². The van der Waals surface area contributed by atoms with E-state index in [0.29, 0.717) is 28.9 Å². The van der Waals surface area contributed by atoms with Crippen molar-refractivity contribution in [1.29, 1.82) is 0 Å². The Labute approximate surface area is 220 Å². The Morgan fingerprint density at radius 1 is 1.29 bits per heavy atom. The summed E-state index contributed by atoms with van der Waals surface area (Å²) < 4.78 is 0.398. The average Bonchev–Trinajstić information content (AvgIpc) is 2.77. The number of rotatable bonds is 10. The normalized spacial score (nSPS) is 21.2. The zero-order valence-electron chi connectivity index (χ0n) is 19.1.